The number of aliphatic hydroxyl groups is 1. The summed E-state index contributed by atoms with van der Waals surface area (Å²) in [6.45, 7) is 5.32. The number of aliphatic hydroxyl groups excluding tert-OH is 1. The minimum atomic E-state index is -0.603. The van der Waals surface area contributed by atoms with E-state index in [0.29, 0.717) is 17.9 Å². The number of piperidine rings is 1. The summed E-state index contributed by atoms with van der Waals surface area (Å²) in [5.41, 5.74) is 3.15. The summed E-state index contributed by atoms with van der Waals surface area (Å²) in [6, 6.07) is 15.8. The normalized spacial score (nSPS) is 15.4. The Bertz CT molecular complexity index is 785. The zero-order valence-electron chi connectivity index (χ0n) is 17.5. The van der Waals surface area contributed by atoms with Gasteiger partial charge in [-0.2, -0.15) is 0 Å². The van der Waals surface area contributed by atoms with Crippen LogP contribution in [0.5, 0.6) is 5.75 Å². The molecule has 1 saturated heterocycles. The van der Waals surface area contributed by atoms with E-state index in [1.807, 2.05) is 7.05 Å². The van der Waals surface area contributed by atoms with Gasteiger partial charge in [-0.25, -0.2) is 0 Å². The van der Waals surface area contributed by atoms with Crippen LogP contribution in [0, 0.1) is 0 Å². The van der Waals surface area contributed by atoms with Gasteiger partial charge in [0.05, 0.1) is 0 Å². The number of rotatable bonds is 9. The van der Waals surface area contributed by atoms with Crippen LogP contribution in [0.4, 0.5) is 5.69 Å². The highest BCUT2D eigenvalue weighted by Gasteiger charge is 2.13. The molecule has 0 spiro atoms. The maximum Gasteiger partial charge on any atom is 0.159 e. The number of carbonyl (C=O) groups is 1. The summed E-state index contributed by atoms with van der Waals surface area (Å²) in [6.07, 6.45) is 3.30. The molecule has 156 valence electrons. The Morgan fingerprint density at radius 2 is 1.86 bits per heavy atom. The highest BCUT2D eigenvalue weighted by molar-refractivity contribution is 5.94. The fourth-order valence-electron chi connectivity index (χ4n) is 3.75. The maximum atomic E-state index is 11.5. The number of likely N-dealkylation sites (N-methyl/N-ethyl adjacent to an activating group) is 1. The van der Waals surface area contributed by atoms with Crippen LogP contribution in [-0.4, -0.2) is 55.2 Å². The van der Waals surface area contributed by atoms with Gasteiger partial charge in [0.2, 0.25) is 0 Å². The summed E-state index contributed by atoms with van der Waals surface area (Å²) < 4.78 is 5.66. The van der Waals surface area contributed by atoms with E-state index in [0.717, 1.165) is 19.6 Å². The molecule has 1 fully saturated rings. The molecule has 2 aromatic rings. The molecule has 29 heavy (non-hydrogen) atoms. The Balaban J connectivity index is 1.44. The molecule has 1 aliphatic heterocycles. The van der Waals surface area contributed by atoms with Gasteiger partial charge in [-0.1, -0.05) is 24.3 Å². The smallest absolute Gasteiger partial charge is 0.159 e. The predicted octanol–water partition coefficient (Wildman–Crippen LogP) is 3.75. The molecule has 1 atom stereocenters. The van der Waals surface area contributed by atoms with Crippen LogP contribution in [0.3, 0.4) is 0 Å². The van der Waals surface area contributed by atoms with Gasteiger partial charge < -0.3 is 14.7 Å². The van der Waals surface area contributed by atoms with Crippen molar-refractivity contribution in [2.24, 2.45) is 0 Å². The van der Waals surface area contributed by atoms with Crippen LogP contribution in [-0.2, 0) is 6.54 Å². The highest BCUT2D eigenvalue weighted by atomic mass is 16.5. The minimum absolute atomic E-state index is 0.00189. The molecule has 0 bridgehead atoms. The molecule has 5 nitrogen and oxygen atoms in total. The monoisotopic (exact) mass is 396 g/mol. The topological polar surface area (TPSA) is 53.0 Å². The summed E-state index contributed by atoms with van der Waals surface area (Å²) in [5, 5.41) is 10.3. The Hall–Kier alpha value is -2.37. The van der Waals surface area contributed by atoms with Crippen molar-refractivity contribution < 1.29 is 14.6 Å². The van der Waals surface area contributed by atoms with Gasteiger partial charge in [0.15, 0.2) is 5.78 Å². The molecule has 0 saturated carbocycles. The van der Waals surface area contributed by atoms with E-state index in [9.17, 15) is 9.90 Å². The first-order valence-corrected chi connectivity index (χ1v) is 10.5. The zero-order valence-corrected chi connectivity index (χ0v) is 17.5. The number of carbonyl (C=O) groups excluding carboxylic acids is 1. The van der Waals surface area contributed by atoms with E-state index >= 15 is 0 Å². The molecule has 1 unspecified atom stereocenters. The standard InChI is InChI=1S/C24H32N2O3/c1-19(27)21-7-6-8-24(15-21)29-18-23(28)17-25(2)16-20-9-11-22(12-10-20)26-13-4-3-5-14-26/h6-12,15,23,28H,3-5,13-14,16-18H2,1-2H3. The van der Waals surface area contributed by atoms with Crippen molar-refractivity contribution in [1.82, 2.24) is 4.90 Å². The SMILES string of the molecule is CC(=O)c1cccc(OCC(O)CN(C)Cc2ccc(N3CCCCC3)cc2)c1. The molecule has 2 aromatic carbocycles. The van der Waals surface area contributed by atoms with Gasteiger partial charge in [0.1, 0.15) is 18.5 Å². The lowest BCUT2D eigenvalue weighted by Gasteiger charge is -2.29. The lowest BCUT2D eigenvalue weighted by Crippen LogP contribution is -2.32. The second kappa shape index (κ2) is 10.4. The number of hydrogen-bond acceptors (Lipinski definition) is 5. The fourth-order valence-corrected chi connectivity index (χ4v) is 3.75. The molecule has 0 amide bonds. The second-order valence-electron chi connectivity index (χ2n) is 7.96. The first-order chi connectivity index (χ1) is 14.0. The minimum Gasteiger partial charge on any atom is -0.491 e. The van der Waals surface area contributed by atoms with Crippen molar-refractivity contribution in [1.29, 1.82) is 0 Å². The van der Waals surface area contributed by atoms with Crippen molar-refractivity contribution in [3.05, 3.63) is 59.7 Å². The average molecular weight is 397 g/mol. The van der Waals surface area contributed by atoms with Crippen LogP contribution in [0.15, 0.2) is 48.5 Å². The van der Waals surface area contributed by atoms with Crippen LogP contribution in [0.2, 0.25) is 0 Å². The second-order valence-corrected chi connectivity index (χ2v) is 7.96. The van der Waals surface area contributed by atoms with Crippen molar-refractivity contribution in [2.45, 2.75) is 38.8 Å². The van der Waals surface area contributed by atoms with Gasteiger partial charge in [-0.05, 0) is 63.1 Å². The molecule has 1 aliphatic rings. The Kier molecular flexibility index (Phi) is 7.67. The van der Waals surface area contributed by atoms with Crippen molar-refractivity contribution in [3.8, 4) is 5.75 Å². The van der Waals surface area contributed by atoms with Gasteiger partial charge in [0, 0.05) is 37.4 Å². The molecule has 0 radical (unpaired) electrons. The molecule has 5 heteroatoms. The first kappa shape index (κ1) is 21.3. The zero-order chi connectivity index (χ0) is 20.6. The molecular weight excluding hydrogens is 364 g/mol. The Morgan fingerprint density at radius 1 is 1.14 bits per heavy atom. The average Bonchev–Trinajstić information content (AvgIpc) is 2.73. The van der Waals surface area contributed by atoms with Crippen LogP contribution < -0.4 is 9.64 Å². The number of ketones is 1. The summed E-state index contributed by atoms with van der Waals surface area (Å²) in [5.74, 6) is 0.606. The van der Waals surface area contributed by atoms with Crippen molar-refractivity contribution >= 4 is 11.5 Å². The van der Waals surface area contributed by atoms with E-state index in [2.05, 4.69) is 34.1 Å². The predicted molar refractivity (Wildman–Crippen MR) is 117 cm³/mol. The van der Waals surface area contributed by atoms with E-state index in [-0.39, 0.29) is 12.4 Å². The lowest BCUT2D eigenvalue weighted by atomic mass is 10.1. The number of ether oxygens (including phenoxy) is 1. The number of nitrogens with zero attached hydrogens (tertiary/aromatic N) is 2. The largest absolute Gasteiger partial charge is 0.491 e. The van der Waals surface area contributed by atoms with Crippen LogP contribution >= 0.6 is 0 Å². The third-order valence-electron chi connectivity index (χ3n) is 5.32. The quantitative estimate of drug-likeness (QED) is 0.654. The van der Waals surface area contributed by atoms with Crippen molar-refractivity contribution in [3.63, 3.8) is 0 Å². The van der Waals surface area contributed by atoms with E-state index in [1.54, 1.807) is 24.3 Å². The Morgan fingerprint density at radius 3 is 2.55 bits per heavy atom. The third-order valence-corrected chi connectivity index (χ3v) is 5.32. The van der Waals surface area contributed by atoms with Crippen LogP contribution in [0.1, 0.15) is 42.1 Å². The van der Waals surface area contributed by atoms with E-state index in [4.69, 9.17) is 4.74 Å². The molecule has 0 aliphatic carbocycles. The number of benzene rings is 2. The maximum absolute atomic E-state index is 11.5. The molecule has 1 heterocycles. The fraction of sp³-hybridized carbons (Fsp3) is 0.458. The van der Waals surface area contributed by atoms with Crippen LogP contribution in [0.25, 0.3) is 0 Å². The highest BCUT2D eigenvalue weighted by Crippen LogP contribution is 2.20. The molecule has 3 rings (SSSR count). The van der Waals surface area contributed by atoms with E-state index < -0.39 is 6.10 Å². The van der Waals surface area contributed by atoms with Gasteiger partial charge >= 0.3 is 0 Å². The molecule has 0 aromatic heterocycles. The van der Waals surface area contributed by atoms with Crippen molar-refractivity contribution in [2.75, 3.05) is 38.2 Å². The van der Waals surface area contributed by atoms with Gasteiger partial charge in [-0.3, -0.25) is 9.69 Å². The number of Topliss-reactive ketones (excluding diaryl/α,β-unsaturated/α-hetero) is 1. The number of hydrogen-bond donors (Lipinski definition) is 1. The third kappa shape index (κ3) is 6.58. The molecular formula is C24H32N2O3. The number of anilines is 1. The van der Waals surface area contributed by atoms with E-state index in [1.165, 1.54) is 37.4 Å². The lowest BCUT2D eigenvalue weighted by molar-refractivity contribution is 0.0743. The first-order valence-electron chi connectivity index (χ1n) is 10.5. The Labute approximate surface area is 173 Å². The summed E-state index contributed by atoms with van der Waals surface area (Å²) in [4.78, 5) is 16.0. The van der Waals surface area contributed by atoms with Gasteiger partial charge in [-0.15, -0.1) is 0 Å². The molecule has 1 N–H and O–H groups in total. The summed E-state index contributed by atoms with van der Waals surface area (Å²) in [7, 11) is 2.00. The van der Waals surface area contributed by atoms with Gasteiger partial charge in [0.25, 0.3) is 0 Å². The summed E-state index contributed by atoms with van der Waals surface area (Å²) >= 11 is 0.